The van der Waals surface area contributed by atoms with Gasteiger partial charge in [0.05, 0.1) is 10.8 Å². The zero-order chi connectivity index (χ0) is 11.0. The number of rotatable bonds is 1. The predicted molar refractivity (Wildman–Crippen MR) is 56.1 cm³/mol. The van der Waals surface area contributed by atoms with Crippen molar-refractivity contribution < 1.29 is 13.6 Å². The van der Waals surface area contributed by atoms with Gasteiger partial charge in [-0.3, -0.25) is 4.79 Å². The van der Waals surface area contributed by atoms with Crippen LogP contribution in [0.15, 0.2) is 12.1 Å². The number of ketones is 1. The van der Waals surface area contributed by atoms with E-state index in [2.05, 4.69) is 0 Å². The van der Waals surface area contributed by atoms with Gasteiger partial charge in [-0.05, 0) is 18.1 Å². The maximum absolute atomic E-state index is 13.4. The Bertz CT molecular complexity index is 417. The molecule has 0 saturated carbocycles. The van der Waals surface area contributed by atoms with Gasteiger partial charge in [-0.1, -0.05) is 6.92 Å². The first-order valence-corrected chi connectivity index (χ1v) is 5.82. The van der Waals surface area contributed by atoms with Crippen molar-refractivity contribution >= 4 is 17.5 Å². The van der Waals surface area contributed by atoms with E-state index >= 15 is 0 Å². The number of carbonyl (C=O) groups excluding carboxylic acids is 1. The van der Waals surface area contributed by atoms with Gasteiger partial charge in [-0.25, -0.2) is 8.78 Å². The van der Waals surface area contributed by atoms with Crippen LogP contribution < -0.4 is 0 Å². The number of benzene rings is 1. The van der Waals surface area contributed by atoms with Crippen LogP contribution in [0.3, 0.4) is 0 Å². The second kappa shape index (κ2) is 3.93. The van der Waals surface area contributed by atoms with E-state index in [0.717, 1.165) is 6.07 Å². The molecule has 1 aliphatic rings. The van der Waals surface area contributed by atoms with Gasteiger partial charge in [0, 0.05) is 11.8 Å². The zero-order valence-electron chi connectivity index (χ0n) is 8.22. The molecule has 80 valence electrons. The molecule has 0 fully saturated rings. The normalized spacial score (nSPS) is 20.2. The molecule has 1 aromatic carbocycles. The Morgan fingerprint density at radius 1 is 1.47 bits per heavy atom. The van der Waals surface area contributed by atoms with Crippen molar-refractivity contribution in [2.24, 2.45) is 0 Å². The third-order valence-corrected chi connectivity index (χ3v) is 3.91. The lowest BCUT2D eigenvalue weighted by Crippen LogP contribution is -2.24. The van der Waals surface area contributed by atoms with Crippen molar-refractivity contribution in [2.45, 2.75) is 24.3 Å². The van der Waals surface area contributed by atoms with E-state index in [9.17, 15) is 13.6 Å². The van der Waals surface area contributed by atoms with E-state index in [4.69, 9.17) is 0 Å². The molecule has 0 saturated heterocycles. The molecule has 0 N–H and O–H groups in total. The van der Waals surface area contributed by atoms with Crippen molar-refractivity contribution in [2.75, 3.05) is 0 Å². The first-order chi connectivity index (χ1) is 7.13. The monoisotopic (exact) mass is 228 g/mol. The Balaban J connectivity index is 2.52. The Labute approximate surface area is 90.9 Å². The van der Waals surface area contributed by atoms with Crippen molar-refractivity contribution in [1.29, 1.82) is 0 Å². The lowest BCUT2D eigenvalue weighted by molar-refractivity contribution is 0.0981. The number of carbonyl (C=O) groups is 1. The molecule has 1 aromatic rings. The van der Waals surface area contributed by atoms with Crippen LogP contribution in [0.2, 0.25) is 0 Å². The summed E-state index contributed by atoms with van der Waals surface area (Å²) in [5.41, 5.74) is 0.564. The molecule has 1 unspecified atom stereocenters. The molecule has 0 amide bonds. The van der Waals surface area contributed by atoms with E-state index in [0.29, 0.717) is 17.7 Å². The molecule has 0 aliphatic carbocycles. The molecule has 0 bridgehead atoms. The maximum atomic E-state index is 13.4. The number of hydrogen-bond acceptors (Lipinski definition) is 2. The van der Waals surface area contributed by atoms with Crippen LogP contribution in [0.1, 0.15) is 29.3 Å². The molecular weight excluding hydrogens is 218 g/mol. The average Bonchev–Trinajstić information content (AvgIpc) is 2.17. The highest BCUT2D eigenvalue weighted by molar-refractivity contribution is 8.00. The number of halogens is 2. The fourth-order valence-corrected chi connectivity index (χ4v) is 2.86. The number of fused-ring (bicyclic) bond motifs is 1. The van der Waals surface area contributed by atoms with E-state index in [1.165, 1.54) is 17.8 Å². The second-order valence-electron chi connectivity index (χ2n) is 3.49. The summed E-state index contributed by atoms with van der Waals surface area (Å²) in [4.78, 5) is 11.8. The molecule has 2 rings (SSSR count). The summed E-state index contributed by atoms with van der Waals surface area (Å²) < 4.78 is 26.3. The molecule has 0 spiro atoms. The van der Waals surface area contributed by atoms with Gasteiger partial charge in [0.15, 0.2) is 5.78 Å². The lowest BCUT2D eigenvalue weighted by Gasteiger charge is -2.22. The van der Waals surface area contributed by atoms with Crippen LogP contribution in [-0.4, -0.2) is 11.0 Å². The van der Waals surface area contributed by atoms with E-state index in [-0.39, 0.29) is 16.6 Å². The smallest absolute Gasteiger partial charge is 0.179 e. The molecule has 1 heterocycles. The Morgan fingerprint density at radius 2 is 2.20 bits per heavy atom. The number of Topliss-reactive ketones (excluding diaryl/α,β-unsaturated/α-hetero) is 1. The maximum Gasteiger partial charge on any atom is 0.179 e. The molecule has 15 heavy (non-hydrogen) atoms. The summed E-state index contributed by atoms with van der Waals surface area (Å²) in [6.07, 6.45) is 0.680. The summed E-state index contributed by atoms with van der Waals surface area (Å²) in [7, 11) is 0. The summed E-state index contributed by atoms with van der Waals surface area (Å²) in [6.45, 7) is 1.89. The van der Waals surface area contributed by atoms with Crippen LogP contribution in [0.5, 0.6) is 0 Å². The van der Waals surface area contributed by atoms with Gasteiger partial charge in [0.2, 0.25) is 0 Å². The van der Waals surface area contributed by atoms with Crippen molar-refractivity contribution in [3.05, 3.63) is 34.9 Å². The quantitative estimate of drug-likeness (QED) is 0.734. The van der Waals surface area contributed by atoms with Crippen molar-refractivity contribution in [3.63, 3.8) is 0 Å². The van der Waals surface area contributed by atoms with Gasteiger partial charge >= 0.3 is 0 Å². The lowest BCUT2D eigenvalue weighted by atomic mass is 10.00. The minimum absolute atomic E-state index is 0.0852. The molecule has 1 nitrogen and oxygen atoms in total. The molecule has 0 radical (unpaired) electrons. The predicted octanol–water partition coefficient (Wildman–Crippen LogP) is 3.17. The minimum atomic E-state index is -0.728. The van der Waals surface area contributed by atoms with Gasteiger partial charge in [-0.2, -0.15) is 0 Å². The van der Waals surface area contributed by atoms with Crippen LogP contribution >= 0.6 is 11.8 Å². The molecule has 4 heteroatoms. The Kier molecular flexibility index (Phi) is 2.78. The van der Waals surface area contributed by atoms with E-state index in [1.54, 1.807) is 0 Å². The fraction of sp³-hybridized carbons (Fsp3) is 0.364. The SMILES string of the molecule is CCC1SCc2cc(F)cc(F)c2C1=O. The van der Waals surface area contributed by atoms with Crippen molar-refractivity contribution in [3.8, 4) is 0 Å². The van der Waals surface area contributed by atoms with Gasteiger partial charge in [0.25, 0.3) is 0 Å². The third-order valence-electron chi connectivity index (χ3n) is 2.49. The fourth-order valence-electron chi connectivity index (χ4n) is 1.75. The van der Waals surface area contributed by atoms with Gasteiger partial charge in [0.1, 0.15) is 11.6 Å². The van der Waals surface area contributed by atoms with Crippen LogP contribution in [0.25, 0.3) is 0 Å². The summed E-state index contributed by atoms with van der Waals surface area (Å²) >= 11 is 1.45. The highest BCUT2D eigenvalue weighted by atomic mass is 32.2. The first-order valence-electron chi connectivity index (χ1n) is 4.77. The summed E-state index contributed by atoms with van der Waals surface area (Å²) in [5.74, 6) is -1.04. The highest BCUT2D eigenvalue weighted by Gasteiger charge is 2.29. The average molecular weight is 228 g/mol. The topological polar surface area (TPSA) is 17.1 Å². The highest BCUT2D eigenvalue weighted by Crippen LogP contribution is 2.33. The van der Waals surface area contributed by atoms with E-state index in [1.807, 2.05) is 6.92 Å². The standard InChI is InChI=1S/C11H10F2OS/c1-2-9-11(14)10-6(5-15-9)3-7(12)4-8(10)13/h3-4,9H,2,5H2,1H3. The molecule has 0 aromatic heterocycles. The number of hydrogen-bond donors (Lipinski definition) is 0. The van der Waals surface area contributed by atoms with Gasteiger partial charge in [-0.15, -0.1) is 11.8 Å². The van der Waals surface area contributed by atoms with Crippen LogP contribution in [0, 0.1) is 11.6 Å². The summed E-state index contributed by atoms with van der Waals surface area (Å²) in [5, 5.41) is -0.183. The summed E-state index contributed by atoms with van der Waals surface area (Å²) in [6, 6.07) is 2.02. The second-order valence-corrected chi connectivity index (χ2v) is 4.68. The third kappa shape index (κ3) is 1.78. The first kappa shape index (κ1) is 10.6. The Morgan fingerprint density at radius 3 is 2.87 bits per heavy atom. The minimum Gasteiger partial charge on any atom is -0.293 e. The molecule has 1 atom stereocenters. The Hall–Kier alpha value is -0.900. The largest absolute Gasteiger partial charge is 0.293 e. The van der Waals surface area contributed by atoms with E-state index < -0.39 is 11.6 Å². The van der Waals surface area contributed by atoms with Crippen LogP contribution in [-0.2, 0) is 5.75 Å². The number of thioether (sulfide) groups is 1. The van der Waals surface area contributed by atoms with Crippen molar-refractivity contribution in [1.82, 2.24) is 0 Å². The van der Waals surface area contributed by atoms with Gasteiger partial charge < -0.3 is 0 Å². The molecule has 1 aliphatic heterocycles. The zero-order valence-corrected chi connectivity index (χ0v) is 9.04. The molecular formula is C11H10F2OS. The van der Waals surface area contributed by atoms with Crippen LogP contribution in [0.4, 0.5) is 8.78 Å².